The van der Waals surface area contributed by atoms with Crippen molar-refractivity contribution in [3.05, 3.63) is 61.4 Å². The zero-order chi connectivity index (χ0) is 23.7. The number of benzene rings is 1. The van der Waals surface area contributed by atoms with Crippen LogP contribution in [0.3, 0.4) is 0 Å². The van der Waals surface area contributed by atoms with Gasteiger partial charge in [-0.2, -0.15) is 10.2 Å². The molecule has 9 nitrogen and oxygen atoms in total. The Hall–Kier alpha value is -3.37. The standard InChI is InChI=1S/C24H27N7O2S/c1-30-15-20(13-27-30)17-5-3-6-18(9-17)24-25-11-19(12-26-24)21-14-28-31(16-21)23-8-4-7-22(10-23)29-34(2,32)33/h3,5-6,9,11-16,22-23,29H,4,7-8,10H2,1-2H3/t22-,23-/m0/s1. The van der Waals surface area contributed by atoms with Crippen LogP contribution < -0.4 is 4.72 Å². The molecule has 34 heavy (non-hydrogen) atoms. The van der Waals surface area contributed by atoms with Crippen molar-refractivity contribution in [3.63, 3.8) is 0 Å². The topological polar surface area (TPSA) is 108 Å². The Bertz CT molecular complexity index is 1390. The molecular weight excluding hydrogens is 450 g/mol. The molecule has 1 saturated carbocycles. The number of aromatic nitrogens is 6. The molecule has 1 aliphatic carbocycles. The zero-order valence-electron chi connectivity index (χ0n) is 19.2. The summed E-state index contributed by atoms with van der Waals surface area (Å²) in [6.45, 7) is 0. The minimum atomic E-state index is -3.21. The molecule has 0 aliphatic heterocycles. The molecule has 0 radical (unpaired) electrons. The van der Waals surface area contributed by atoms with Crippen LogP contribution in [-0.4, -0.2) is 50.2 Å². The van der Waals surface area contributed by atoms with Gasteiger partial charge >= 0.3 is 0 Å². The van der Waals surface area contributed by atoms with E-state index in [4.69, 9.17) is 0 Å². The van der Waals surface area contributed by atoms with Gasteiger partial charge in [0, 0.05) is 60.1 Å². The van der Waals surface area contributed by atoms with E-state index in [1.165, 1.54) is 6.26 Å². The van der Waals surface area contributed by atoms with Crippen LogP contribution >= 0.6 is 0 Å². The second kappa shape index (κ2) is 9.11. The summed E-state index contributed by atoms with van der Waals surface area (Å²) < 4.78 is 29.7. The summed E-state index contributed by atoms with van der Waals surface area (Å²) in [6.07, 6.45) is 16.0. The van der Waals surface area contributed by atoms with E-state index in [2.05, 4.69) is 31.0 Å². The van der Waals surface area contributed by atoms with Gasteiger partial charge in [0.05, 0.1) is 24.7 Å². The maximum Gasteiger partial charge on any atom is 0.208 e. The third-order valence-corrected chi connectivity index (χ3v) is 6.91. The Morgan fingerprint density at radius 2 is 1.65 bits per heavy atom. The predicted octanol–water partition coefficient (Wildman–Crippen LogP) is 3.44. The van der Waals surface area contributed by atoms with Gasteiger partial charge < -0.3 is 0 Å². The molecule has 0 saturated heterocycles. The quantitative estimate of drug-likeness (QED) is 0.456. The second-order valence-corrected chi connectivity index (χ2v) is 10.7. The van der Waals surface area contributed by atoms with Gasteiger partial charge in [0.1, 0.15) is 0 Å². The number of hydrogen-bond donors (Lipinski definition) is 1. The second-order valence-electron chi connectivity index (χ2n) is 8.90. The van der Waals surface area contributed by atoms with Crippen molar-refractivity contribution in [2.75, 3.05) is 6.26 Å². The third-order valence-electron chi connectivity index (χ3n) is 6.15. The Morgan fingerprint density at radius 1 is 0.912 bits per heavy atom. The number of nitrogens with one attached hydrogen (secondary N) is 1. The summed E-state index contributed by atoms with van der Waals surface area (Å²) in [4.78, 5) is 9.19. The average molecular weight is 478 g/mol. The minimum Gasteiger partial charge on any atom is -0.275 e. The molecule has 1 fully saturated rings. The Kier molecular flexibility index (Phi) is 6.01. The van der Waals surface area contributed by atoms with Crippen LogP contribution in [-0.2, 0) is 17.1 Å². The van der Waals surface area contributed by atoms with Crippen molar-refractivity contribution in [1.29, 1.82) is 0 Å². The molecule has 0 bridgehead atoms. The molecule has 1 N–H and O–H groups in total. The zero-order valence-corrected chi connectivity index (χ0v) is 20.0. The predicted molar refractivity (Wildman–Crippen MR) is 130 cm³/mol. The van der Waals surface area contributed by atoms with Crippen LogP contribution in [0.5, 0.6) is 0 Å². The van der Waals surface area contributed by atoms with Crippen LogP contribution in [0.15, 0.2) is 61.4 Å². The molecule has 2 atom stereocenters. The molecule has 3 aromatic heterocycles. The first-order valence-electron chi connectivity index (χ1n) is 11.3. The molecule has 5 rings (SSSR count). The van der Waals surface area contributed by atoms with E-state index in [1.54, 1.807) is 4.68 Å². The minimum absolute atomic E-state index is 0.0496. The molecular formula is C24H27N7O2S. The molecule has 176 valence electrons. The van der Waals surface area contributed by atoms with Gasteiger partial charge in [-0.05, 0) is 37.3 Å². The van der Waals surface area contributed by atoms with Gasteiger partial charge in [0.25, 0.3) is 0 Å². The Morgan fingerprint density at radius 3 is 2.38 bits per heavy atom. The molecule has 1 aliphatic rings. The largest absolute Gasteiger partial charge is 0.275 e. The van der Waals surface area contributed by atoms with Crippen LogP contribution in [0.2, 0.25) is 0 Å². The van der Waals surface area contributed by atoms with Gasteiger partial charge in [-0.25, -0.2) is 23.1 Å². The number of aryl methyl sites for hydroxylation is 1. The SMILES string of the molecule is Cn1cc(-c2cccc(-c3ncc(-c4cnn([C@H]5CCC[C@H](NS(C)(=O)=O)C5)c4)cn3)c2)cn1. The van der Waals surface area contributed by atoms with Gasteiger partial charge in [0.2, 0.25) is 10.0 Å². The lowest BCUT2D eigenvalue weighted by atomic mass is 9.92. The van der Waals surface area contributed by atoms with Gasteiger partial charge in [-0.1, -0.05) is 18.2 Å². The van der Waals surface area contributed by atoms with E-state index in [0.29, 0.717) is 5.82 Å². The van der Waals surface area contributed by atoms with Crippen LogP contribution in [0.25, 0.3) is 33.6 Å². The highest BCUT2D eigenvalue weighted by Crippen LogP contribution is 2.30. The van der Waals surface area contributed by atoms with E-state index < -0.39 is 10.0 Å². The van der Waals surface area contributed by atoms with Gasteiger partial charge in [-0.15, -0.1) is 0 Å². The first kappa shape index (κ1) is 22.4. The van der Waals surface area contributed by atoms with Crippen molar-refractivity contribution in [1.82, 2.24) is 34.3 Å². The Labute approximate surface area is 198 Å². The van der Waals surface area contributed by atoms with Crippen molar-refractivity contribution in [2.24, 2.45) is 7.05 Å². The summed E-state index contributed by atoms with van der Waals surface area (Å²) in [5.74, 6) is 0.656. The molecule has 0 amide bonds. The number of sulfonamides is 1. The van der Waals surface area contributed by atoms with E-state index in [9.17, 15) is 8.42 Å². The van der Waals surface area contributed by atoms with Crippen LogP contribution in [0.4, 0.5) is 0 Å². The highest BCUT2D eigenvalue weighted by molar-refractivity contribution is 7.88. The summed E-state index contributed by atoms with van der Waals surface area (Å²) in [6, 6.07) is 8.22. The first-order valence-corrected chi connectivity index (χ1v) is 13.2. The fraction of sp³-hybridized carbons (Fsp3) is 0.333. The average Bonchev–Trinajstić information content (AvgIpc) is 3.48. The number of nitrogens with zero attached hydrogens (tertiary/aromatic N) is 6. The van der Waals surface area contributed by atoms with Gasteiger partial charge in [0.15, 0.2) is 5.82 Å². The lowest BCUT2D eigenvalue weighted by Gasteiger charge is -2.29. The Balaban J connectivity index is 1.31. The molecule has 3 heterocycles. The summed E-state index contributed by atoms with van der Waals surface area (Å²) >= 11 is 0. The van der Waals surface area contributed by atoms with Gasteiger partial charge in [-0.3, -0.25) is 9.36 Å². The summed E-state index contributed by atoms with van der Waals surface area (Å²) in [5.41, 5.74) is 4.88. The van der Waals surface area contributed by atoms with Crippen molar-refractivity contribution >= 4 is 10.0 Å². The summed E-state index contributed by atoms with van der Waals surface area (Å²) in [7, 11) is -1.31. The third kappa shape index (κ3) is 5.07. The fourth-order valence-corrected chi connectivity index (χ4v) is 5.35. The van der Waals surface area contributed by atoms with E-state index >= 15 is 0 Å². The molecule has 1 aromatic carbocycles. The highest BCUT2D eigenvalue weighted by Gasteiger charge is 2.26. The fourth-order valence-electron chi connectivity index (χ4n) is 4.54. The molecule has 0 unspecified atom stereocenters. The van der Waals surface area contributed by atoms with E-state index in [0.717, 1.165) is 53.5 Å². The van der Waals surface area contributed by atoms with Crippen molar-refractivity contribution < 1.29 is 8.42 Å². The normalized spacial score (nSPS) is 18.8. The number of rotatable bonds is 6. The molecule has 0 spiro atoms. The van der Waals surface area contributed by atoms with Crippen molar-refractivity contribution in [3.8, 4) is 33.6 Å². The first-order chi connectivity index (χ1) is 16.3. The van der Waals surface area contributed by atoms with Crippen LogP contribution in [0.1, 0.15) is 31.7 Å². The summed E-state index contributed by atoms with van der Waals surface area (Å²) in [5, 5.41) is 8.79. The van der Waals surface area contributed by atoms with Crippen LogP contribution in [0, 0.1) is 0 Å². The lowest BCUT2D eigenvalue weighted by Crippen LogP contribution is -2.38. The maximum absolute atomic E-state index is 11.6. The monoisotopic (exact) mass is 477 g/mol. The maximum atomic E-state index is 11.6. The van der Waals surface area contributed by atoms with Crippen molar-refractivity contribution in [2.45, 2.75) is 37.8 Å². The molecule has 10 heteroatoms. The lowest BCUT2D eigenvalue weighted by molar-refractivity contribution is 0.289. The number of hydrogen-bond acceptors (Lipinski definition) is 6. The van der Waals surface area contributed by atoms with E-state index in [-0.39, 0.29) is 12.1 Å². The smallest absolute Gasteiger partial charge is 0.208 e. The molecule has 4 aromatic rings. The van der Waals surface area contributed by atoms with E-state index in [1.807, 2.05) is 67.1 Å². The highest BCUT2D eigenvalue weighted by atomic mass is 32.2.